The second-order valence-corrected chi connectivity index (χ2v) is 8.70. The second-order valence-electron chi connectivity index (χ2n) is 7.92. The van der Waals surface area contributed by atoms with Crippen molar-refractivity contribution in [2.24, 2.45) is 5.92 Å². The Hall–Kier alpha value is -2.71. The van der Waals surface area contributed by atoms with E-state index in [-0.39, 0.29) is 23.3 Å². The molecule has 2 bridgehead atoms. The first kappa shape index (κ1) is 18.3. The van der Waals surface area contributed by atoms with Crippen LogP contribution in [0.2, 0.25) is 0 Å². The predicted octanol–water partition coefficient (Wildman–Crippen LogP) is 2.11. The van der Waals surface area contributed by atoms with E-state index in [4.69, 9.17) is 0 Å². The quantitative estimate of drug-likeness (QED) is 0.676. The van der Waals surface area contributed by atoms with Crippen LogP contribution in [0.3, 0.4) is 0 Å². The molecule has 0 aromatic carbocycles. The van der Waals surface area contributed by atoms with Crippen LogP contribution in [0.5, 0.6) is 0 Å². The molecule has 150 valence electrons. The van der Waals surface area contributed by atoms with Crippen molar-refractivity contribution in [3.63, 3.8) is 0 Å². The van der Waals surface area contributed by atoms with Gasteiger partial charge in [0.1, 0.15) is 6.04 Å². The Bertz CT molecular complexity index is 1040. The van der Waals surface area contributed by atoms with Crippen molar-refractivity contribution in [2.75, 3.05) is 13.1 Å². The molecule has 8 heteroatoms. The first-order valence-electron chi connectivity index (χ1n) is 9.90. The Morgan fingerprint density at radius 3 is 3.00 bits per heavy atom. The van der Waals surface area contributed by atoms with E-state index in [1.54, 1.807) is 28.2 Å². The van der Waals surface area contributed by atoms with Crippen LogP contribution >= 0.6 is 11.3 Å². The van der Waals surface area contributed by atoms with Crippen LogP contribution in [0.15, 0.2) is 52.1 Å². The smallest absolute Gasteiger partial charge is 0.251 e. The number of amides is 1. The fraction of sp³-hybridized carbons (Fsp3) is 0.381. The van der Waals surface area contributed by atoms with Gasteiger partial charge in [-0.1, -0.05) is 6.07 Å². The number of fused-ring (bicyclic) bond motifs is 4. The molecule has 3 aromatic rings. The molecule has 29 heavy (non-hydrogen) atoms. The number of hydrogen-bond acceptors (Lipinski definition) is 5. The van der Waals surface area contributed by atoms with E-state index in [9.17, 15) is 9.59 Å². The number of H-pyrrole nitrogens is 1. The highest BCUT2D eigenvalue weighted by Gasteiger charge is 2.43. The van der Waals surface area contributed by atoms with Crippen molar-refractivity contribution in [1.29, 1.82) is 0 Å². The molecule has 5 rings (SSSR count). The summed E-state index contributed by atoms with van der Waals surface area (Å²) in [5, 5.41) is 14.2. The molecule has 2 aliphatic heterocycles. The summed E-state index contributed by atoms with van der Waals surface area (Å²) in [7, 11) is 0. The van der Waals surface area contributed by atoms with Crippen molar-refractivity contribution >= 4 is 17.2 Å². The summed E-state index contributed by atoms with van der Waals surface area (Å²) in [5.74, 6) is 0.288. The second kappa shape index (κ2) is 7.61. The third kappa shape index (κ3) is 3.54. The molecule has 5 heterocycles. The molecule has 7 nitrogen and oxygen atoms in total. The number of aromatic amines is 1. The van der Waals surface area contributed by atoms with E-state index in [2.05, 4.69) is 20.4 Å². The number of likely N-dealkylation sites (tertiary alicyclic amines) is 1. The standard InChI is InChI=1S/C21H23N5O2S/c27-19-3-1-2-18-15-8-16(11-25(10-15)12-17-4-6-23-24-17)20(26(18)19)21(28)22-9-14-5-7-29-13-14/h1-7,13,15-16,20H,8-12H2,(H,22,28)(H,23,24)/t15-,16+,20-/m1/s1. The molecule has 1 saturated heterocycles. The van der Waals surface area contributed by atoms with Crippen molar-refractivity contribution in [3.8, 4) is 0 Å². The van der Waals surface area contributed by atoms with Crippen LogP contribution < -0.4 is 10.9 Å². The van der Waals surface area contributed by atoms with Crippen LogP contribution in [-0.2, 0) is 17.9 Å². The summed E-state index contributed by atoms with van der Waals surface area (Å²) in [6, 6.07) is 8.89. The highest BCUT2D eigenvalue weighted by molar-refractivity contribution is 7.07. The van der Waals surface area contributed by atoms with Gasteiger partial charge in [0.2, 0.25) is 5.91 Å². The number of nitrogens with zero attached hydrogens (tertiary/aromatic N) is 3. The molecule has 0 radical (unpaired) electrons. The molecule has 0 saturated carbocycles. The lowest BCUT2D eigenvalue weighted by Crippen LogP contribution is -2.53. The first-order chi connectivity index (χ1) is 14.2. The van der Waals surface area contributed by atoms with Gasteiger partial charge in [-0.2, -0.15) is 16.4 Å². The Labute approximate surface area is 172 Å². The van der Waals surface area contributed by atoms with Gasteiger partial charge in [-0.05, 0) is 40.9 Å². The summed E-state index contributed by atoms with van der Waals surface area (Å²) < 4.78 is 1.75. The number of hydrogen-bond donors (Lipinski definition) is 2. The number of pyridine rings is 1. The largest absolute Gasteiger partial charge is 0.350 e. The third-order valence-corrected chi connectivity index (χ3v) is 6.72. The van der Waals surface area contributed by atoms with E-state index in [1.807, 2.05) is 35.0 Å². The van der Waals surface area contributed by atoms with Gasteiger partial charge in [-0.3, -0.25) is 24.2 Å². The SMILES string of the molecule is O=C(NCc1ccsc1)[C@H]1[C@H]2C[C@H](CN(Cc3ccn[nH]3)C2)c2cccc(=O)n21. The summed E-state index contributed by atoms with van der Waals surface area (Å²) in [6.07, 6.45) is 2.69. The molecule has 0 unspecified atom stereocenters. The van der Waals surface area contributed by atoms with Crippen LogP contribution in [0.1, 0.15) is 35.3 Å². The molecule has 0 aliphatic carbocycles. The van der Waals surface area contributed by atoms with Crippen LogP contribution in [0.25, 0.3) is 0 Å². The van der Waals surface area contributed by atoms with Crippen LogP contribution in [0.4, 0.5) is 0 Å². The average Bonchev–Trinajstić information content (AvgIpc) is 3.41. The highest BCUT2D eigenvalue weighted by atomic mass is 32.1. The topological polar surface area (TPSA) is 83.0 Å². The third-order valence-electron chi connectivity index (χ3n) is 5.99. The van der Waals surface area contributed by atoms with Gasteiger partial charge in [0, 0.05) is 61.7 Å². The summed E-state index contributed by atoms with van der Waals surface area (Å²) in [4.78, 5) is 28.3. The lowest BCUT2D eigenvalue weighted by molar-refractivity contribution is -0.128. The minimum absolute atomic E-state index is 0.0717. The predicted molar refractivity (Wildman–Crippen MR) is 111 cm³/mol. The van der Waals surface area contributed by atoms with E-state index in [0.29, 0.717) is 6.54 Å². The molecule has 1 amide bonds. The zero-order chi connectivity index (χ0) is 19.8. The molecule has 1 fully saturated rings. The minimum Gasteiger partial charge on any atom is -0.350 e. The number of piperidine rings is 1. The first-order valence-corrected chi connectivity index (χ1v) is 10.8. The van der Waals surface area contributed by atoms with Crippen LogP contribution in [-0.4, -0.2) is 38.7 Å². The van der Waals surface area contributed by atoms with E-state index < -0.39 is 6.04 Å². The number of rotatable bonds is 5. The summed E-state index contributed by atoms with van der Waals surface area (Å²) >= 11 is 1.61. The van der Waals surface area contributed by atoms with Gasteiger partial charge in [0.25, 0.3) is 5.56 Å². The molecule has 3 atom stereocenters. The van der Waals surface area contributed by atoms with Gasteiger partial charge in [-0.15, -0.1) is 0 Å². The fourth-order valence-corrected chi connectivity index (χ4v) is 5.46. The summed E-state index contributed by atoms with van der Waals surface area (Å²) in [6.45, 7) is 2.92. The highest BCUT2D eigenvalue weighted by Crippen LogP contribution is 2.41. The monoisotopic (exact) mass is 409 g/mol. The number of nitrogens with one attached hydrogen (secondary N) is 2. The molecular weight excluding hydrogens is 386 g/mol. The Balaban J connectivity index is 1.44. The van der Waals surface area contributed by atoms with Crippen molar-refractivity contribution in [3.05, 3.63) is 74.6 Å². The average molecular weight is 410 g/mol. The van der Waals surface area contributed by atoms with Gasteiger partial charge < -0.3 is 5.32 Å². The maximum atomic E-state index is 13.2. The number of thiophene rings is 1. The maximum absolute atomic E-state index is 13.2. The molecule has 2 N–H and O–H groups in total. The van der Waals surface area contributed by atoms with E-state index in [0.717, 1.165) is 43.0 Å². The summed E-state index contributed by atoms with van der Waals surface area (Å²) in [5.41, 5.74) is 3.03. The number of carbonyl (C=O) groups is 1. The Kier molecular flexibility index (Phi) is 4.81. The lowest BCUT2D eigenvalue weighted by Gasteiger charge is -2.46. The van der Waals surface area contributed by atoms with Gasteiger partial charge in [0.05, 0.1) is 0 Å². The molecule has 0 spiro atoms. The lowest BCUT2D eigenvalue weighted by atomic mass is 9.78. The van der Waals surface area contributed by atoms with Crippen LogP contribution in [0, 0.1) is 5.92 Å². The Morgan fingerprint density at radius 1 is 1.28 bits per heavy atom. The molecule has 2 aliphatic rings. The minimum atomic E-state index is -0.474. The van der Waals surface area contributed by atoms with E-state index in [1.165, 1.54) is 0 Å². The van der Waals surface area contributed by atoms with Gasteiger partial charge >= 0.3 is 0 Å². The molecular formula is C21H23N5O2S. The van der Waals surface area contributed by atoms with E-state index >= 15 is 0 Å². The van der Waals surface area contributed by atoms with Crippen molar-refractivity contribution < 1.29 is 4.79 Å². The normalized spacial score (nSPS) is 23.5. The Morgan fingerprint density at radius 2 is 2.21 bits per heavy atom. The zero-order valence-electron chi connectivity index (χ0n) is 16.0. The molecule has 3 aromatic heterocycles. The van der Waals surface area contributed by atoms with Crippen molar-refractivity contribution in [2.45, 2.75) is 31.5 Å². The van der Waals surface area contributed by atoms with Gasteiger partial charge in [-0.25, -0.2) is 0 Å². The maximum Gasteiger partial charge on any atom is 0.251 e. The number of carbonyl (C=O) groups excluding carboxylic acids is 1. The van der Waals surface area contributed by atoms with Crippen molar-refractivity contribution in [1.82, 2.24) is 25.0 Å². The van der Waals surface area contributed by atoms with Gasteiger partial charge in [0.15, 0.2) is 0 Å². The number of aromatic nitrogens is 3. The zero-order valence-corrected chi connectivity index (χ0v) is 16.8. The fourth-order valence-electron chi connectivity index (χ4n) is 4.79.